The summed E-state index contributed by atoms with van der Waals surface area (Å²) in [4.78, 5) is 0. The Morgan fingerprint density at radius 3 is 2.52 bits per heavy atom. The summed E-state index contributed by atoms with van der Waals surface area (Å²) in [5.74, 6) is 4.09. The molecule has 1 saturated heterocycles. The average Bonchev–Trinajstić information content (AvgIpc) is 3.41. The van der Waals surface area contributed by atoms with Crippen LogP contribution in [0.15, 0.2) is 30.3 Å². The molecule has 156 valence electrons. The smallest absolute Gasteiger partial charge is 0.231 e. The number of fused-ring (bicyclic) bond motifs is 1. The summed E-state index contributed by atoms with van der Waals surface area (Å²) in [6.07, 6.45) is 0. The molecule has 2 heterocycles. The van der Waals surface area contributed by atoms with Gasteiger partial charge in [-0.25, -0.2) is 5.43 Å². The lowest BCUT2D eigenvalue weighted by molar-refractivity contribution is 0.174. The summed E-state index contributed by atoms with van der Waals surface area (Å²) >= 11 is 0. The van der Waals surface area contributed by atoms with Crippen molar-refractivity contribution < 1.29 is 23.7 Å². The number of ether oxygens (including phenoxy) is 5. The number of hydrogen-bond donors (Lipinski definition) is 3. The van der Waals surface area contributed by atoms with Gasteiger partial charge in [0.05, 0.1) is 27.4 Å². The second kappa shape index (κ2) is 8.77. The van der Waals surface area contributed by atoms with E-state index in [1.807, 2.05) is 18.2 Å². The van der Waals surface area contributed by atoms with E-state index in [9.17, 15) is 0 Å². The molecule has 3 N–H and O–H groups in total. The van der Waals surface area contributed by atoms with Gasteiger partial charge in [-0.3, -0.25) is 5.43 Å². The van der Waals surface area contributed by atoms with Gasteiger partial charge in [0, 0.05) is 37.2 Å². The molecule has 2 aliphatic rings. The Morgan fingerprint density at radius 1 is 0.966 bits per heavy atom. The van der Waals surface area contributed by atoms with E-state index in [2.05, 4.69) is 28.3 Å². The first kappa shape index (κ1) is 19.6. The van der Waals surface area contributed by atoms with E-state index in [1.54, 1.807) is 21.3 Å². The highest BCUT2D eigenvalue weighted by atomic mass is 16.7. The highest BCUT2D eigenvalue weighted by Gasteiger charge is 2.29. The number of methoxy groups -OCH3 is 3. The number of rotatable bonds is 8. The molecule has 0 bridgehead atoms. The zero-order valence-corrected chi connectivity index (χ0v) is 16.9. The molecule has 2 aromatic rings. The van der Waals surface area contributed by atoms with Crippen molar-refractivity contribution in [2.75, 3.05) is 41.2 Å². The van der Waals surface area contributed by atoms with Crippen LogP contribution < -0.4 is 39.9 Å². The molecule has 2 atom stereocenters. The molecule has 4 rings (SSSR count). The zero-order chi connectivity index (χ0) is 20.2. The monoisotopic (exact) mass is 401 g/mol. The maximum Gasteiger partial charge on any atom is 0.231 e. The number of hydrazine groups is 1. The number of nitrogens with one attached hydrogen (secondary N) is 3. The molecule has 0 radical (unpaired) electrons. The molecule has 1 fully saturated rings. The van der Waals surface area contributed by atoms with Gasteiger partial charge in [0.1, 0.15) is 5.75 Å². The first-order valence-corrected chi connectivity index (χ1v) is 9.61. The highest BCUT2D eigenvalue weighted by Crippen LogP contribution is 2.37. The van der Waals surface area contributed by atoms with Crippen molar-refractivity contribution in [2.45, 2.75) is 12.6 Å². The minimum atomic E-state index is 0.185. The molecule has 0 saturated carbocycles. The van der Waals surface area contributed by atoms with Gasteiger partial charge in [-0.2, -0.15) is 0 Å². The van der Waals surface area contributed by atoms with Crippen LogP contribution in [-0.2, 0) is 6.54 Å². The molecule has 0 aromatic heterocycles. The van der Waals surface area contributed by atoms with Gasteiger partial charge in [0.2, 0.25) is 6.79 Å². The second-order valence-corrected chi connectivity index (χ2v) is 7.03. The standard InChI is InChI=1S/C21H27N3O5/c1-25-17-8-19(27-3)18(26-2)7-14(17)9-22-10-15-11-23-24-21(15)13-4-5-16-20(6-13)29-12-28-16/h4-8,15,21-24H,9-12H2,1-3H3. The SMILES string of the molecule is COc1cc(OC)c(OC)cc1CNCC1CNNC1c1ccc2c(c1)OCO2. The molecular formula is C21H27N3O5. The van der Waals surface area contributed by atoms with Gasteiger partial charge in [0.15, 0.2) is 23.0 Å². The second-order valence-electron chi connectivity index (χ2n) is 7.03. The van der Waals surface area contributed by atoms with Crippen molar-refractivity contribution in [1.29, 1.82) is 0 Å². The molecule has 0 amide bonds. The maximum atomic E-state index is 5.52. The van der Waals surface area contributed by atoms with Crippen LogP contribution in [0.5, 0.6) is 28.7 Å². The van der Waals surface area contributed by atoms with E-state index >= 15 is 0 Å². The third kappa shape index (κ3) is 4.05. The molecule has 2 aromatic carbocycles. The fourth-order valence-corrected chi connectivity index (χ4v) is 3.81. The minimum absolute atomic E-state index is 0.185. The van der Waals surface area contributed by atoms with E-state index in [0.29, 0.717) is 24.0 Å². The van der Waals surface area contributed by atoms with Crippen LogP contribution in [-0.4, -0.2) is 41.2 Å². The molecule has 0 aliphatic carbocycles. The van der Waals surface area contributed by atoms with E-state index < -0.39 is 0 Å². The lowest BCUT2D eigenvalue weighted by Gasteiger charge is -2.20. The fraction of sp³-hybridized carbons (Fsp3) is 0.429. The summed E-state index contributed by atoms with van der Waals surface area (Å²) in [6.45, 7) is 2.65. The predicted molar refractivity (Wildman–Crippen MR) is 108 cm³/mol. The van der Waals surface area contributed by atoms with Crippen LogP contribution in [0.3, 0.4) is 0 Å². The van der Waals surface area contributed by atoms with E-state index in [4.69, 9.17) is 23.7 Å². The van der Waals surface area contributed by atoms with Crippen molar-refractivity contribution in [2.24, 2.45) is 5.92 Å². The van der Waals surface area contributed by atoms with Crippen LogP contribution in [0.1, 0.15) is 17.2 Å². The van der Waals surface area contributed by atoms with E-state index in [1.165, 1.54) is 5.56 Å². The van der Waals surface area contributed by atoms with Crippen LogP contribution in [0.2, 0.25) is 0 Å². The van der Waals surface area contributed by atoms with Gasteiger partial charge in [-0.15, -0.1) is 0 Å². The first-order chi connectivity index (χ1) is 14.2. The third-order valence-corrected chi connectivity index (χ3v) is 5.36. The van der Waals surface area contributed by atoms with Gasteiger partial charge in [-0.05, 0) is 23.8 Å². The Balaban J connectivity index is 1.41. The van der Waals surface area contributed by atoms with Gasteiger partial charge in [-0.1, -0.05) is 6.07 Å². The molecule has 2 aliphatic heterocycles. The van der Waals surface area contributed by atoms with Gasteiger partial charge >= 0.3 is 0 Å². The summed E-state index contributed by atoms with van der Waals surface area (Å²) in [5, 5.41) is 3.55. The summed E-state index contributed by atoms with van der Waals surface area (Å²) < 4.78 is 27.2. The highest BCUT2D eigenvalue weighted by molar-refractivity contribution is 5.50. The maximum absolute atomic E-state index is 5.52. The Labute approximate surface area is 170 Å². The third-order valence-electron chi connectivity index (χ3n) is 5.36. The van der Waals surface area contributed by atoms with E-state index in [-0.39, 0.29) is 12.8 Å². The normalized spacial score (nSPS) is 20.0. The Hall–Kier alpha value is -2.68. The topological polar surface area (TPSA) is 82.2 Å². The minimum Gasteiger partial charge on any atom is -0.496 e. The van der Waals surface area contributed by atoms with Crippen molar-refractivity contribution in [3.63, 3.8) is 0 Å². The van der Waals surface area contributed by atoms with Crippen molar-refractivity contribution >= 4 is 0 Å². The lowest BCUT2D eigenvalue weighted by Crippen LogP contribution is -2.28. The summed E-state index contributed by atoms with van der Waals surface area (Å²) in [7, 11) is 4.91. The van der Waals surface area contributed by atoms with Crippen LogP contribution >= 0.6 is 0 Å². The Kier molecular flexibility index (Phi) is 5.94. The van der Waals surface area contributed by atoms with Crippen LogP contribution in [0, 0.1) is 5.92 Å². The summed E-state index contributed by atoms with van der Waals surface area (Å²) in [6, 6.07) is 10.1. The number of hydrogen-bond acceptors (Lipinski definition) is 8. The molecule has 0 spiro atoms. The van der Waals surface area contributed by atoms with Gasteiger partial charge in [0.25, 0.3) is 0 Å². The first-order valence-electron chi connectivity index (χ1n) is 9.61. The van der Waals surface area contributed by atoms with Crippen molar-refractivity contribution in [3.8, 4) is 28.7 Å². The molecule has 29 heavy (non-hydrogen) atoms. The largest absolute Gasteiger partial charge is 0.496 e. The molecule has 8 nitrogen and oxygen atoms in total. The molecule has 8 heteroatoms. The van der Waals surface area contributed by atoms with Gasteiger partial charge < -0.3 is 29.0 Å². The molecule has 2 unspecified atom stereocenters. The average molecular weight is 401 g/mol. The molecular weight excluding hydrogens is 374 g/mol. The summed E-state index contributed by atoms with van der Waals surface area (Å²) in [5.41, 5.74) is 8.83. The van der Waals surface area contributed by atoms with Crippen molar-refractivity contribution in [3.05, 3.63) is 41.5 Å². The number of benzene rings is 2. The van der Waals surface area contributed by atoms with Crippen LogP contribution in [0.25, 0.3) is 0 Å². The predicted octanol–water partition coefficient (Wildman–Crippen LogP) is 2.00. The van der Waals surface area contributed by atoms with E-state index in [0.717, 1.165) is 35.9 Å². The quantitative estimate of drug-likeness (QED) is 0.620. The lowest BCUT2D eigenvalue weighted by atomic mass is 9.94. The van der Waals surface area contributed by atoms with Crippen LogP contribution in [0.4, 0.5) is 0 Å². The van der Waals surface area contributed by atoms with Crippen molar-refractivity contribution in [1.82, 2.24) is 16.2 Å². The fourth-order valence-electron chi connectivity index (χ4n) is 3.81. The Bertz CT molecular complexity index is 860. The Morgan fingerprint density at radius 2 is 1.72 bits per heavy atom. The zero-order valence-electron chi connectivity index (χ0n) is 16.9.